The second-order valence-corrected chi connectivity index (χ2v) is 20.9. The number of anilines is 3. The van der Waals surface area contributed by atoms with Crippen molar-refractivity contribution in [3.63, 3.8) is 0 Å². The van der Waals surface area contributed by atoms with E-state index in [4.69, 9.17) is 0 Å². The number of rotatable bonds is 4. The van der Waals surface area contributed by atoms with Gasteiger partial charge in [-0.25, -0.2) is 0 Å². The van der Waals surface area contributed by atoms with E-state index in [9.17, 15) is 0 Å². The molecule has 266 valence electrons. The lowest BCUT2D eigenvalue weighted by Crippen LogP contribution is -2.10. The van der Waals surface area contributed by atoms with E-state index in [0.29, 0.717) is 0 Å². The monoisotopic (exact) mass is 769 g/mol. The van der Waals surface area contributed by atoms with Crippen LogP contribution in [0.2, 0.25) is 0 Å². The van der Waals surface area contributed by atoms with Gasteiger partial charge in [-0.1, -0.05) is 121 Å². The SMILES string of the molecule is CS1(C)c2ccccc2-c2ccc(N(c3ccc(-c4cccc5ccccc45)cc3)c3ccc4c(c3)sc3ccc5sc6c7ccccc7ccc6c5c34)cc21. The first-order chi connectivity index (χ1) is 27.5. The molecule has 1 aliphatic heterocycles. The molecule has 0 aliphatic carbocycles. The lowest BCUT2D eigenvalue weighted by Gasteiger charge is -2.31. The van der Waals surface area contributed by atoms with Crippen LogP contribution < -0.4 is 4.90 Å². The second-order valence-electron chi connectivity index (χ2n) is 15.3. The van der Waals surface area contributed by atoms with Crippen LogP contribution in [-0.4, -0.2) is 12.5 Å². The normalized spacial score (nSPS) is 13.9. The molecule has 0 saturated carbocycles. The van der Waals surface area contributed by atoms with E-state index in [2.05, 4.69) is 193 Å². The second kappa shape index (κ2) is 12.0. The number of fused-ring (bicyclic) bond motifs is 13. The van der Waals surface area contributed by atoms with Crippen LogP contribution in [0.15, 0.2) is 186 Å². The van der Waals surface area contributed by atoms with E-state index >= 15 is 0 Å². The lowest BCUT2D eigenvalue weighted by atomic mass is 9.98. The van der Waals surface area contributed by atoms with E-state index < -0.39 is 10.0 Å². The summed E-state index contributed by atoms with van der Waals surface area (Å²) in [6, 6.07) is 65.9. The molecule has 1 aliphatic rings. The van der Waals surface area contributed by atoms with Crippen molar-refractivity contribution in [2.24, 2.45) is 0 Å². The van der Waals surface area contributed by atoms with Gasteiger partial charge >= 0.3 is 0 Å². The number of thiophene rings is 2. The molecule has 12 rings (SSSR count). The fourth-order valence-corrected chi connectivity index (χ4v) is 14.2. The fourth-order valence-electron chi connectivity index (χ4n) is 9.25. The predicted molar refractivity (Wildman–Crippen MR) is 249 cm³/mol. The van der Waals surface area contributed by atoms with Crippen LogP contribution in [0, 0.1) is 0 Å². The van der Waals surface area contributed by atoms with Gasteiger partial charge in [0.2, 0.25) is 0 Å². The van der Waals surface area contributed by atoms with Gasteiger partial charge in [-0.2, -0.15) is 10.0 Å². The van der Waals surface area contributed by atoms with Gasteiger partial charge in [-0.05, 0) is 111 Å². The minimum Gasteiger partial charge on any atom is -0.310 e. The average Bonchev–Trinajstić information content (AvgIpc) is 3.88. The Morgan fingerprint density at radius 2 is 1.00 bits per heavy atom. The summed E-state index contributed by atoms with van der Waals surface area (Å²) >= 11 is 3.83. The highest BCUT2D eigenvalue weighted by molar-refractivity contribution is 8.33. The number of hydrogen-bond donors (Lipinski definition) is 0. The third-order valence-electron chi connectivity index (χ3n) is 11.9. The van der Waals surface area contributed by atoms with Crippen LogP contribution in [0.5, 0.6) is 0 Å². The topological polar surface area (TPSA) is 3.24 Å². The average molecular weight is 770 g/mol. The highest BCUT2D eigenvalue weighted by Crippen LogP contribution is 2.67. The van der Waals surface area contributed by atoms with E-state index in [1.807, 2.05) is 22.7 Å². The maximum Gasteiger partial charge on any atom is 0.0476 e. The number of hydrogen-bond acceptors (Lipinski definition) is 3. The summed E-state index contributed by atoms with van der Waals surface area (Å²) in [6.45, 7) is 0. The van der Waals surface area contributed by atoms with Crippen LogP contribution in [-0.2, 0) is 0 Å². The molecule has 56 heavy (non-hydrogen) atoms. The van der Waals surface area contributed by atoms with Crippen LogP contribution >= 0.6 is 32.7 Å². The van der Waals surface area contributed by atoms with Gasteiger partial charge in [0.15, 0.2) is 0 Å². The standard InChI is InChI=1S/C52H35NS3/c1-56(2)48-17-8-7-15-41(48)42-26-23-37(31-49(42)56)53(35-21-18-34(19-22-35)39-16-9-12-32-10-3-5-13-38(32)39)36-24-27-43-47(30-36)54-45-28-29-46-51(50(43)45)44-25-20-33-11-4-6-14-40(33)52(44)55-46/h3-31H,1-2H3. The van der Waals surface area contributed by atoms with Gasteiger partial charge in [0, 0.05) is 67.2 Å². The smallest absolute Gasteiger partial charge is 0.0476 e. The molecule has 0 fully saturated rings. The predicted octanol–water partition coefficient (Wildman–Crippen LogP) is 16.3. The molecule has 2 aromatic heterocycles. The van der Waals surface area contributed by atoms with Crippen molar-refractivity contribution in [1.82, 2.24) is 0 Å². The summed E-state index contributed by atoms with van der Waals surface area (Å²) in [7, 11) is -1.17. The molecule has 0 radical (unpaired) electrons. The first kappa shape index (κ1) is 32.3. The van der Waals surface area contributed by atoms with Gasteiger partial charge in [-0.3, -0.25) is 0 Å². The molecule has 0 unspecified atom stereocenters. The summed E-state index contributed by atoms with van der Waals surface area (Å²) in [6.07, 6.45) is 4.90. The zero-order chi connectivity index (χ0) is 37.1. The van der Waals surface area contributed by atoms with Gasteiger partial charge in [0.25, 0.3) is 0 Å². The Hall–Kier alpha value is -5.91. The summed E-state index contributed by atoms with van der Waals surface area (Å²) in [5.41, 5.74) is 8.74. The Labute approximate surface area is 335 Å². The van der Waals surface area contributed by atoms with Gasteiger partial charge in [0.05, 0.1) is 0 Å². The van der Waals surface area contributed by atoms with Crippen molar-refractivity contribution >= 4 is 112 Å². The minimum atomic E-state index is -1.17. The van der Waals surface area contributed by atoms with Crippen LogP contribution in [0.25, 0.3) is 84.1 Å². The quantitative estimate of drug-likeness (QED) is 0.172. The summed E-state index contributed by atoms with van der Waals surface area (Å²) in [5, 5.41) is 10.6. The molecular weight excluding hydrogens is 735 g/mol. The van der Waals surface area contributed by atoms with Crippen molar-refractivity contribution in [3.8, 4) is 22.3 Å². The zero-order valence-electron chi connectivity index (χ0n) is 30.9. The maximum atomic E-state index is 2.48. The maximum absolute atomic E-state index is 2.48. The Bertz CT molecular complexity index is 3400. The summed E-state index contributed by atoms with van der Waals surface area (Å²) < 4.78 is 5.37. The molecule has 0 N–H and O–H groups in total. The summed E-state index contributed by atoms with van der Waals surface area (Å²) in [4.78, 5) is 5.40. The molecule has 0 atom stereocenters. The Morgan fingerprint density at radius 3 is 1.86 bits per heavy atom. The molecule has 0 amide bonds. The van der Waals surface area contributed by atoms with Crippen molar-refractivity contribution in [3.05, 3.63) is 176 Å². The Morgan fingerprint density at radius 1 is 0.393 bits per heavy atom. The first-order valence-electron chi connectivity index (χ1n) is 19.1. The molecule has 9 aromatic carbocycles. The van der Waals surface area contributed by atoms with Gasteiger partial charge in [-0.15, -0.1) is 22.7 Å². The molecule has 0 spiro atoms. The third kappa shape index (κ3) is 4.67. The summed E-state index contributed by atoms with van der Waals surface area (Å²) in [5.74, 6) is 0. The molecule has 0 saturated heterocycles. The van der Waals surface area contributed by atoms with E-state index in [1.54, 1.807) is 0 Å². The Balaban J connectivity index is 1.05. The van der Waals surface area contributed by atoms with Crippen molar-refractivity contribution in [2.75, 3.05) is 17.4 Å². The molecular formula is C52H35NS3. The molecule has 1 nitrogen and oxygen atoms in total. The van der Waals surface area contributed by atoms with Crippen molar-refractivity contribution in [2.45, 2.75) is 9.79 Å². The van der Waals surface area contributed by atoms with Gasteiger partial charge < -0.3 is 4.90 Å². The number of nitrogens with zero attached hydrogens (tertiary/aromatic N) is 1. The minimum absolute atomic E-state index is 1.15. The molecule has 0 bridgehead atoms. The van der Waals surface area contributed by atoms with Crippen molar-refractivity contribution in [1.29, 1.82) is 0 Å². The zero-order valence-corrected chi connectivity index (χ0v) is 33.4. The Kier molecular flexibility index (Phi) is 6.96. The third-order valence-corrected chi connectivity index (χ3v) is 17.1. The highest BCUT2D eigenvalue weighted by Gasteiger charge is 2.32. The molecule has 3 heterocycles. The molecule has 4 heteroatoms. The van der Waals surface area contributed by atoms with E-state index in [0.717, 1.165) is 5.69 Å². The fraction of sp³-hybridized carbons (Fsp3) is 0.0385. The number of benzene rings is 9. The lowest BCUT2D eigenvalue weighted by molar-refractivity contribution is 1.27. The van der Waals surface area contributed by atoms with Crippen LogP contribution in [0.1, 0.15) is 0 Å². The van der Waals surface area contributed by atoms with E-state index in [-0.39, 0.29) is 0 Å². The highest BCUT2D eigenvalue weighted by atomic mass is 32.3. The van der Waals surface area contributed by atoms with Gasteiger partial charge in [0.1, 0.15) is 0 Å². The largest absolute Gasteiger partial charge is 0.310 e. The van der Waals surface area contributed by atoms with Crippen LogP contribution in [0.3, 0.4) is 0 Å². The van der Waals surface area contributed by atoms with E-state index in [1.165, 1.54) is 105 Å². The molecule has 11 aromatic rings. The van der Waals surface area contributed by atoms with Crippen LogP contribution in [0.4, 0.5) is 17.1 Å². The van der Waals surface area contributed by atoms with Crippen molar-refractivity contribution < 1.29 is 0 Å². The first-order valence-corrected chi connectivity index (χ1v) is 23.1.